The maximum Gasteiger partial charge on any atom is 0.273 e. The van der Waals surface area contributed by atoms with Gasteiger partial charge >= 0.3 is 0 Å². The van der Waals surface area contributed by atoms with Gasteiger partial charge in [0.1, 0.15) is 17.2 Å². The summed E-state index contributed by atoms with van der Waals surface area (Å²) in [4.78, 5) is 19.7. The zero-order valence-corrected chi connectivity index (χ0v) is 20.7. The third kappa shape index (κ3) is 4.71. The Morgan fingerprint density at radius 3 is 2.67 bits per heavy atom. The molecule has 0 spiro atoms. The number of H-pyrrole nitrogens is 1. The first-order valence-corrected chi connectivity index (χ1v) is 12.4. The molecule has 1 aliphatic heterocycles. The van der Waals surface area contributed by atoms with Crippen LogP contribution in [0, 0.1) is 0 Å². The molecule has 2 aromatic heterocycles. The summed E-state index contributed by atoms with van der Waals surface area (Å²) in [5, 5.41) is 7.61. The van der Waals surface area contributed by atoms with Gasteiger partial charge < -0.3 is 18.9 Å². The van der Waals surface area contributed by atoms with Crippen molar-refractivity contribution < 1.29 is 14.3 Å². The SMILES string of the molecule is CCCCOc1cccc(C2c3c(-c4ccc(OC)cc4)n[nH]c3C(=O)N2CCCn2ccnc2)c1. The molecule has 0 saturated carbocycles. The van der Waals surface area contributed by atoms with Crippen LogP contribution < -0.4 is 9.47 Å². The molecule has 0 fully saturated rings. The maximum absolute atomic E-state index is 13.6. The van der Waals surface area contributed by atoms with E-state index >= 15 is 0 Å². The van der Waals surface area contributed by atoms with Gasteiger partial charge in [-0.1, -0.05) is 25.5 Å². The van der Waals surface area contributed by atoms with Gasteiger partial charge in [-0.05, 0) is 54.8 Å². The van der Waals surface area contributed by atoms with E-state index in [0.29, 0.717) is 18.8 Å². The Balaban J connectivity index is 1.50. The van der Waals surface area contributed by atoms with Crippen LogP contribution >= 0.6 is 0 Å². The largest absolute Gasteiger partial charge is 0.497 e. The van der Waals surface area contributed by atoms with Crippen LogP contribution in [0.2, 0.25) is 0 Å². The van der Waals surface area contributed by atoms with Crippen molar-refractivity contribution in [2.45, 2.75) is 38.8 Å². The average Bonchev–Trinajstić information content (AvgIpc) is 3.64. The molecule has 3 heterocycles. The molecular formula is C28H31N5O3. The smallest absolute Gasteiger partial charge is 0.273 e. The van der Waals surface area contributed by atoms with Gasteiger partial charge in [0, 0.05) is 36.6 Å². The van der Waals surface area contributed by atoms with Crippen LogP contribution in [0.4, 0.5) is 0 Å². The lowest BCUT2D eigenvalue weighted by molar-refractivity contribution is 0.0739. The number of hydrogen-bond donors (Lipinski definition) is 1. The van der Waals surface area contributed by atoms with E-state index < -0.39 is 0 Å². The maximum atomic E-state index is 13.6. The molecule has 1 aliphatic rings. The second kappa shape index (κ2) is 10.7. The molecule has 1 amide bonds. The molecule has 4 aromatic rings. The van der Waals surface area contributed by atoms with Gasteiger partial charge in [0.15, 0.2) is 0 Å². The van der Waals surface area contributed by atoms with Crippen molar-refractivity contribution in [2.24, 2.45) is 0 Å². The van der Waals surface area contributed by atoms with Crippen LogP contribution in [0.15, 0.2) is 67.3 Å². The lowest BCUT2D eigenvalue weighted by atomic mass is 9.96. The van der Waals surface area contributed by atoms with Gasteiger partial charge in [-0.15, -0.1) is 0 Å². The summed E-state index contributed by atoms with van der Waals surface area (Å²) < 4.78 is 13.3. The molecule has 36 heavy (non-hydrogen) atoms. The van der Waals surface area contributed by atoms with Crippen LogP contribution in [0.25, 0.3) is 11.3 Å². The molecule has 1 N–H and O–H groups in total. The number of unbranched alkanes of at least 4 members (excludes halogenated alkanes) is 1. The van der Waals surface area contributed by atoms with Gasteiger partial charge in [0.2, 0.25) is 0 Å². The monoisotopic (exact) mass is 485 g/mol. The van der Waals surface area contributed by atoms with Crippen LogP contribution in [0.3, 0.4) is 0 Å². The van der Waals surface area contributed by atoms with Crippen molar-refractivity contribution in [3.05, 3.63) is 84.1 Å². The topological polar surface area (TPSA) is 85.3 Å². The highest BCUT2D eigenvalue weighted by molar-refractivity contribution is 6.00. The average molecular weight is 486 g/mol. The fourth-order valence-electron chi connectivity index (χ4n) is 4.69. The Kier molecular flexibility index (Phi) is 7.02. The lowest BCUT2D eigenvalue weighted by Crippen LogP contribution is -2.31. The Morgan fingerprint density at radius 1 is 1.06 bits per heavy atom. The number of rotatable bonds is 11. The predicted octanol–water partition coefficient (Wildman–Crippen LogP) is 5.10. The van der Waals surface area contributed by atoms with Crippen molar-refractivity contribution in [1.82, 2.24) is 24.6 Å². The molecular weight excluding hydrogens is 454 g/mol. The number of ether oxygens (including phenoxy) is 2. The lowest BCUT2D eigenvalue weighted by Gasteiger charge is -2.27. The van der Waals surface area contributed by atoms with Crippen LogP contribution in [-0.4, -0.2) is 50.8 Å². The molecule has 0 radical (unpaired) electrons. The minimum atomic E-state index is -0.263. The third-order valence-corrected chi connectivity index (χ3v) is 6.54. The van der Waals surface area contributed by atoms with Gasteiger partial charge in [-0.25, -0.2) is 4.98 Å². The Labute approximate surface area is 210 Å². The highest BCUT2D eigenvalue weighted by Gasteiger charge is 2.42. The zero-order chi connectivity index (χ0) is 24.9. The molecule has 2 aromatic carbocycles. The molecule has 186 valence electrons. The first-order valence-electron chi connectivity index (χ1n) is 12.4. The van der Waals surface area contributed by atoms with E-state index in [1.165, 1.54) is 0 Å². The Morgan fingerprint density at radius 2 is 1.92 bits per heavy atom. The fourth-order valence-corrected chi connectivity index (χ4v) is 4.69. The summed E-state index contributed by atoms with van der Waals surface area (Å²) in [5.74, 6) is 1.55. The molecule has 1 unspecified atom stereocenters. The minimum Gasteiger partial charge on any atom is -0.497 e. The first-order chi connectivity index (χ1) is 17.7. The number of carbonyl (C=O) groups is 1. The fraction of sp³-hybridized carbons (Fsp3) is 0.321. The molecule has 0 saturated heterocycles. The highest BCUT2D eigenvalue weighted by Crippen LogP contribution is 2.43. The summed E-state index contributed by atoms with van der Waals surface area (Å²) in [7, 11) is 1.65. The van der Waals surface area contributed by atoms with E-state index in [9.17, 15) is 4.79 Å². The minimum absolute atomic E-state index is 0.0369. The van der Waals surface area contributed by atoms with Gasteiger partial charge in [-0.2, -0.15) is 5.10 Å². The molecule has 8 nitrogen and oxygen atoms in total. The number of fused-ring (bicyclic) bond motifs is 1. The zero-order valence-electron chi connectivity index (χ0n) is 20.7. The van der Waals surface area contributed by atoms with E-state index in [1.54, 1.807) is 19.6 Å². The number of nitrogens with zero attached hydrogens (tertiary/aromatic N) is 4. The summed E-state index contributed by atoms with van der Waals surface area (Å²) in [5.41, 5.74) is 4.17. The molecule has 1 atom stereocenters. The summed E-state index contributed by atoms with van der Waals surface area (Å²) in [6, 6.07) is 15.6. The second-order valence-electron chi connectivity index (χ2n) is 8.92. The third-order valence-electron chi connectivity index (χ3n) is 6.54. The second-order valence-corrected chi connectivity index (χ2v) is 8.92. The summed E-state index contributed by atoms with van der Waals surface area (Å²) >= 11 is 0. The van der Waals surface area contributed by atoms with E-state index in [1.807, 2.05) is 52.1 Å². The quantitative estimate of drug-likeness (QED) is 0.299. The van der Waals surface area contributed by atoms with Gasteiger partial charge in [0.05, 0.1) is 31.8 Å². The van der Waals surface area contributed by atoms with E-state index in [4.69, 9.17) is 9.47 Å². The van der Waals surface area contributed by atoms with Crippen molar-refractivity contribution >= 4 is 5.91 Å². The van der Waals surface area contributed by atoms with Crippen molar-refractivity contribution in [2.75, 3.05) is 20.3 Å². The van der Waals surface area contributed by atoms with Crippen LogP contribution in [0.5, 0.6) is 11.5 Å². The van der Waals surface area contributed by atoms with Gasteiger partial charge in [-0.3, -0.25) is 9.89 Å². The molecule has 8 heteroatoms. The number of aryl methyl sites for hydroxylation is 1. The van der Waals surface area contributed by atoms with E-state index in [2.05, 4.69) is 34.2 Å². The number of aromatic amines is 1. The van der Waals surface area contributed by atoms with Crippen molar-refractivity contribution in [3.63, 3.8) is 0 Å². The highest BCUT2D eigenvalue weighted by atomic mass is 16.5. The number of nitrogens with one attached hydrogen (secondary N) is 1. The number of aromatic nitrogens is 4. The predicted molar refractivity (Wildman–Crippen MR) is 137 cm³/mol. The summed E-state index contributed by atoms with van der Waals surface area (Å²) in [6.07, 6.45) is 8.39. The van der Waals surface area contributed by atoms with Crippen LogP contribution in [-0.2, 0) is 6.54 Å². The normalized spacial score (nSPS) is 14.8. The molecule has 5 rings (SSSR count). The van der Waals surface area contributed by atoms with Gasteiger partial charge in [0.25, 0.3) is 5.91 Å². The molecule has 0 aliphatic carbocycles. The van der Waals surface area contributed by atoms with E-state index in [0.717, 1.165) is 59.7 Å². The number of carbonyl (C=O) groups excluding carboxylic acids is 1. The number of hydrogen-bond acceptors (Lipinski definition) is 5. The molecule has 0 bridgehead atoms. The first kappa shape index (κ1) is 23.7. The van der Waals surface area contributed by atoms with E-state index in [-0.39, 0.29) is 11.9 Å². The number of methoxy groups -OCH3 is 1. The Hall–Kier alpha value is -4.07. The summed E-state index contributed by atoms with van der Waals surface area (Å²) in [6.45, 7) is 4.21. The standard InChI is InChI=1S/C28H31N5O3/c1-3-4-17-36-23-8-5-7-21(18-23)27-24-25(20-9-11-22(35-2)12-10-20)30-31-26(24)28(34)33(27)15-6-14-32-16-13-29-19-32/h5,7-13,16,18-19,27H,3-4,6,14-15,17H2,1-2H3,(H,30,31). The van der Waals surface area contributed by atoms with Crippen molar-refractivity contribution in [1.29, 1.82) is 0 Å². The Bertz CT molecular complexity index is 1300. The number of amides is 1. The number of benzene rings is 2. The number of imidazole rings is 1. The van der Waals surface area contributed by atoms with Crippen molar-refractivity contribution in [3.8, 4) is 22.8 Å². The van der Waals surface area contributed by atoms with Crippen LogP contribution in [0.1, 0.15) is 53.8 Å².